The minimum absolute atomic E-state index is 0.0886. The van der Waals surface area contributed by atoms with Crippen LogP contribution in [0, 0.1) is 0 Å². The molecule has 57 heavy (non-hydrogen) atoms. The van der Waals surface area contributed by atoms with Crippen molar-refractivity contribution < 1.29 is 16.8 Å². The molecule has 0 saturated heterocycles. The zero-order valence-corrected chi connectivity index (χ0v) is 38.3. The van der Waals surface area contributed by atoms with E-state index in [0.29, 0.717) is 24.4 Å². The normalized spacial score (nSPS) is 12.8. The maximum absolute atomic E-state index is 14.2. The third kappa shape index (κ3) is 19.9. The fourth-order valence-electron chi connectivity index (χ4n) is 8.67. The largest absolute Gasteiger partial charge is 0.243 e. The van der Waals surface area contributed by atoms with Crippen molar-refractivity contribution in [1.29, 1.82) is 0 Å². The molecule has 0 fully saturated rings. The van der Waals surface area contributed by atoms with Crippen LogP contribution in [-0.4, -0.2) is 34.2 Å². The molecule has 2 aromatic rings. The van der Waals surface area contributed by atoms with Gasteiger partial charge < -0.3 is 0 Å². The average molecular weight is 829 g/mol. The zero-order valence-electron chi connectivity index (χ0n) is 36.7. The molecule has 1 aliphatic rings. The Morgan fingerprint density at radius 1 is 0.421 bits per heavy atom. The Kier molecular flexibility index (Phi) is 25.7. The number of primary sulfonamides is 1. The first-order chi connectivity index (χ1) is 27.7. The quantitative estimate of drug-likeness (QED) is 0.0585. The highest BCUT2D eigenvalue weighted by molar-refractivity contribution is 7.89. The monoisotopic (exact) mass is 829 g/mol. The average Bonchev–Trinajstić information content (AvgIpc) is 3.56. The molecule has 0 spiro atoms. The van der Waals surface area contributed by atoms with Gasteiger partial charge in [0.05, 0.1) is 9.79 Å². The van der Waals surface area contributed by atoms with Crippen LogP contribution < -0.4 is 5.14 Å². The molecule has 0 saturated carbocycles. The lowest BCUT2D eigenvalue weighted by Gasteiger charge is -2.23. The zero-order chi connectivity index (χ0) is 41.0. The molecule has 326 valence electrons. The van der Waals surface area contributed by atoms with Crippen LogP contribution in [0.3, 0.4) is 0 Å². The first kappa shape index (κ1) is 49.6. The second-order valence-corrected chi connectivity index (χ2v) is 20.9. The Balaban J connectivity index is 1.40. The number of benzene rings is 2. The Morgan fingerprint density at radius 3 is 1.02 bits per heavy atom. The number of rotatable bonds is 37. The molecule has 2 N–H and O–H groups in total. The molecule has 0 radical (unpaired) electrons. The van der Waals surface area contributed by atoms with Gasteiger partial charge in [0.15, 0.2) is 0 Å². The van der Waals surface area contributed by atoms with E-state index in [2.05, 4.69) is 13.8 Å². The highest BCUT2D eigenvalue weighted by Crippen LogP contribution is 2.39. The van der Waals surface area contributed by atoms with Crippen molar-refractivity contribution in [3.05, 3.63) is 47.5 Å². The number of hydrogen-bond donors (Lipinski definition) is 1. The topological polar surface area (TPSA) is 97.5 Å². The van der Waals surface area contributed by atoms with Crippen molar-refractivity contribution in [3.8, 4) is 11.1 Å². The van der Waals surface area contributed by atoms with E-state index >= 15 is 0 Å². The Morgan fingerprint density at radius 2 is 0.702 bits per heavy atom. The van der Waals surface area contributed by atoms with Gasteiger partial charge >= 0.3 is 0 Å². The van der Waals surface area contributed by atoms with Gasteiger partial charge in [0.25, 0.3) is 0 Å². The first-order valence-corrected chi connectivity index (χ1v) is 27.0. The molecule has 8 heteroatoms. The number of nitrogens with two attached hydrogens (primary N) is 1. The molecule has 2 aromatic carbocycles. The SMILES string of the molecule is CCCCCCCCCCCCCCCCCCN(CCCCCCCCCCCCCCCCCC)S(=O)(=O)c1ccc2c(c1)Cc1cc(S(N)(=O)=O)ccc1-2. The number of fused-ring (bicyclic) bond motifs is 3. The summed E-state index contributed by atoms with van der Waals surface area (Å²) in [6.45, 7) is 5.69. The van der Waals surface area contributed by atoms with Crippen molar-refractivity contribution in [2.45, 2.75) is 236 Å². The fourth-order valence-corrected chi connectivity index (χ4v) is 10.8. The van der Waals surface area contributed by atoms with Crippen LogP contribution >= 0.6 is 0 Å². The molecule has 0 heterocycles. The van der Waals surface area contributed by atoms with Crippen molar-refractivity contribution in [2.75, 3.05) is 13.1 Å². The lowest BCUT2D eigenvalue weighted by atomic mass is 10.0. The summed E-state index contributed by atoms with van der Waals surface area (Å²) < 4.78 is 54.1. The number of unbranched alkanes of at least 4 members (excludes halogenated alkanes) is 30. The maximum atomic E-state index is 14.2. The molecule has 3 rings (SSSR count). The summed E-state index contributed by atoms with van der Waals surface area (Å²) in [6.07, 6.45) is 42.1. The van der Waals surface area contributed by atoms with Crippen LogP contribution in [0.2, 0.25) is 0 Å². The van der Waals surface area contributed by atoms with Crippen LogP contribution in [0.4, 0.5) is 0 Å². The van der Waals surface area contributed by atoms with Gasteiger partial charge in [-0.05, 0) is 65.8 Å². The fraction of sp³-hybridized carbons (Fsp3) is 0.755. The van der Waals surface area contributed by atoms with E-state index in [-0.39, 0.29) is 4.90 Å². The Bertz CT molecular complexity index is 1540. The van der Waals surface area contributed by atoms with Gasteiger partial charge in [0.2, 0.25) is 20.0 Å². The van der Waals surface area contributed by atoms with E-state index in [1.165, 1.54) is 186 Å². The van der Waals surface area contributed by atoms with Crippen LogP contribution in [0.15, 0.2) is 46.2 Å². The summed E-state index contributed by atoms with van der Waals surface area (Å²) in [7, 11) is -7.48. The second-order valence-electron chi connectivity index (χ2n) is 17.4. The van der Waals surface area contributed by atoms with E-state index < -0.39 is 20.0 Å². The first-order valence-electron chi connectivity index (χ1n) is 24.0. The summed E-state index contributed by atoms with van der Waals surface area (Å²) in [4.78, 5) is 0.430. The van der Waals surface area contributed by atoms with Crippen molar-refractivity contribution in [3.63, 3.8) is 0 Å². The second kappa shape index (κ2) is 29.5. The van der Waals surface area contributed by atoms with Gasteiger partial charge in [0, 0.05) is 13.1 Å². The third-order valence-corrected chi connectivity index (χ3v) is 15.1. The minimum Gasteiger partial charge on any atom is -0.225 e. The molecule has 0 aliphatic heterocycles. The third-order valence-electron chi connectivity index (χ3n) is 12.3. The van der Waals surface area contributed by atoms with Gasteiger partial charge in [-0.3, -0.25) is 0 Å². The minimum atomic E-state index is -3.81. The van der Waals surface area contributed by atoms with E-state index in [1.807, 2.05) is 12.1 Å². The highest BCUT2D eigenvalue weighted by atomic mass is 32.2. The summed E-state index contributed by atoms with van der Waals surface area (Å²) in [6, 6.07) is 10.4. The molecule has 0 atom stereocenters. The Labute approximate surface area is 352 Å². The highest BCUT2D eigenvalue weighted by Gasteiger charge is 2.27. The van der Waals surface area contributed by atoms with Crippen LogP contribution in [0.5, 0.6) is 0 Å². The van der Waals surface area contributed by atoms with Crippen molar-refractivity contribution in [2.24, 2.45) is 5.14 Å². The summed E-state index contributed by atoms with van der Waals surface area (Å²) in [5.74, 6) is 0. The molecular formula is C49H84N2O4S2. The standard InChI is InChI=1S/C49H84N2O4S2/c1-3-5-7-9-11-13-15-17-19-21-23-25-27-29-31-33-39-51(40-34-32-30-28-26-24-22-20-18-16-14-12-10-8-6-4-2)57(54,55)47-36-38-49-45(43-47)41-44-42-46(56(50,52)53)35-37-48(44)49/h35-38,42-43H,3-34,39-41H2,1-2H3,(H2,50,52,53). The van der Waals surface area contributed by atoms with Gasteiger partial charge in [-0.1, -0.05) is 219 Å². The predicted molar refractivity (Wildman–Crippen MR) is 244 cm³/mol. The molecule has 0 amide bonds. The molecule has 0 bridgehead atoms. The van der Waals surface area contributed by atoms with E-state index in [0.717, 1.165) is 47.9 Å². The molecule has 0 unspecified atom stereocenters. The van der Waals surface area contributed by atoms with Crippen LogP contribution in [-0.2, 0) is 26.5 Å². The van der Waals surface area contributed by atoms with E-state index in [9.17, 15) is 16.8 Å². The van der Waals surface area contributed by atoms with Crippen molar-refractivity contribution >= 4 is 20.0 Å². The lowest BCUT2D eigenvalue weighted by molar-refractivity contribution is 0.383. The number of nitrogens with zero attached hydrogens (tertiary/aromatic N) is 1. The number of hydrogen-bond acceptors (Lipinski definition) is 4. The van der Waals surface area contributed by atoms with Gasteiger partial charge in [0.1, 0.15) is 0 Å². The van der Waals surface area contributed by atoms with Crippen molar-refractivity contribution in [1.82, 2.24) is 4.31 Å². The molecule has 6 nitrogen and oxygen atoms in total. The maximum Gasteiger partial charge on any atom is 0.243 e. The smallest absolute Gasteiger partial charge is 0.225 e. The lowest BCUT2D eigenvalue weighted by Crippen LogP contribution is -2.33. The molecular weight excluding hydrogens is 745 g/mol. The number of sulfonamides is 2. The molecule has 1 aliphatic carbocycles. The summed E-state index contributed by atoms with van der Waals surface area (Å²) in [5, 5.41) is 5.39. The van der Waals surface area contributed by atoms with Gasteiger partial charge in [-0.25, -0.2) is 22.0 Å². The van der Waals surface area contributed by atoms with Crippen LogP contribution in [0.1, 0.15) is 230 Å². The van der Waals surface area contributed by atoms with E-state index in [1.54, 1.807) is 22.5 Å². The van der Waals surface area contributed by atoms with Gasteiger partial charge in [-0.2, -0.15) is 4.31 Å². The summed E-state index contributed by atoms with van der Waals surface area (Å²) in [5.41, 5.74) is 3.69. The van der Waals surface area contributed by atoms with Crippen LogP contribution in [0.25, 0.3) is 11.1 Å². The van der Waals surface area contributed by atoms with Gasteiger partial charge in [-0.15, -0.1) is 0 Å². The predicted octanol–water partition coefficient (Wildman–Crippen LogP) is 14.4. The molecule has 0 aromatic heterocycles. The Hall–Kier alpha value is -1.74. The summed E-state index contributed by atoms with van der Waals surface area (Å²) >= 11 is 0. The van der Waals surface area contributed by atoms with E-state index in [4.69, 9.17) is 5.14 Å².